The number of ether oxygens (including phenoxy) is 1. The van der Waals surface area contributed by atoms with E-state index in [1.807, 2.05) is 24.0 Å². The Morgan fingerprint density at radius 1 is 1.29 bits per heavy atom. The number of rotatable bonds is 3. The van der Waals surface area contributed by atoms with Crippen LogP contribution in [-0.2, 0) is 17.8 Å². The number of amides is 1. The summed E-state index contributed by atoms with van der Waals surface area (Å²) in [7, 11) is 0. The van der Waals surface area contributed by atoms with Crippen molar-refractivity contribution < 1.29 is 9.53 Å². The second kappa shape index (κ2) is 6.24. The number of hydrogen-bond donors (Lipinski definition) is 0. The summed E-state index contributed by atoms with van der Waals surface area (Å²) in [5, 5.41) is 0.786. The average molecular weight is 309 g/mol. The Hall–Kier alpha value is -1.26. The van der Waals surface area contributed by atoms with E-state index in [0.717, 1.165) is 56.5 Å². The van der Waals surface area contributed by atoms with E-state index in [-0.39, 0.29) is 5.91 Å². The molecule has 114 valence electrons. The summed E-state index contributed by atoms with van der Waals surface area (Å²) >= 11 is 6.20. The second-order valence-corrected chi connectivity index (χ2v) is 6.10. The van der Waals surface area contributed by atoms with Crippen molar-refractivity contribution in [2.24, 2.45) is 0 Å². The van der Waals surface area contributed by atoms with Gasteiger partial charge >= 0.3 is 0 Å². The highest BCUT2D eigenvalue weighted by Gasteiger charge is 2.23. The van der Waals surface area contributed by atoms with Gasteiger partial charge in [-0.25, -0.2) is 0 Å². The molecule has 0 N–H and O–H groups in total. The topological polar surface area (TPSA) is 32.8 Å². The van der Waals surface area contributed by atoms with E-state index >= 15 is 0 Å². The number of carbonyl (C=O) groups excluding carboxylic acids is 1. The number of nitrogens with zero attached hydrogens (tertiary/aromatic N) is 2. The maximum absolute atomic E-state index is 11.7. The normalized spacial score (nSPS) is 18.5. The lowest BCUT2D eigenvalue weighted by Crippen LogP contribution is -2.48. The average Bonchev–Trinajstić information content (AvgIpc) is 2.95. The van der Waals surface area contributed by atoms with Gasteiger partial charge in [-0.15, -0.1) is 0 Å². The minimum Gasteiger partial charge on any atom is -0.493 e. The number of hydrogen-bond acceptors (Lipinski definition) is 3. The highest BCUT2D eigenvalue weighted by Crippen LogP contribution is 2.33. The molecule has 1 saturated heterocycles. The fourth-order valence-corrected chi connectivity index (χ4v) is 3.35. The summed E-state index contributed by atoms with van der Waals surface area (Å²) in [5.41, 5.74) is 2.39. The van der Waals surface area contributed by atoms with Gasteiger partial charge in [-0.3, -0.25) is 9.69 Å². The third-order valence-corrected chi connectivity index (χ3v) is 4.46. The molecule has 0 unspecified atom stereocenters. The summed E-state index contributed by atoms with van der Waals surface area (Å²) in [4.78, 5) is 16.0. The van der Waals surface area contributed by atoms with Crippen LogP contribution in [0.4, 0.5) is 0 Å². The zero-order valence-electron chi connectivity index (χ0n) is 12.4. The van der Waals surface area contributed by atoms with Gasteiger partial charge in [-0.1, -0.05) is 18.5 Å². The van der Waals surface area contributed by atoms with Gasteiger partial charge in [-0.05, 0) is 17.7 Å². The maximum atomic E-state index is 11.7. The van der Waals surface area contributed by atoms with Crippen LogP contribution < -0.4 is 4.74 Å². The van der Waals surface area contributed by atoms with Gasteiger partial charge in [0.15, 0.2) is 0 Å². The first-order valence-corrected chi connectivity index (χ1v) is 7.99. The van der Waals surface area contributed by atoms with Gasteiger partial charge in [-0.2, -0.15) is 0 Å². The first-order chi connectivity index (χ1) is 10.2. The Morgan fingerprint density at radius 3 is 2.76 bits per heavy atom. The molecule has 0 atom stereocenters. The Kier molecular flexibility index (Phi) is 4.36. The van der Waals surface area contributed by atoms with Crippen LogP contribution in [0.2, 0.25) is 5.02 Å². The van der Waals surface area contributed by atoms with Crippen LogP contribution in [0.3, 0.4) is 0 Å². The third-order valence-electron chi connectivity index (χ3n) is 4.25. The zero-order valence-corrected chi connectivity index (χ0v) is 13.2. The summed E-state index contributed by atoms with van der Waals surface area (Å²) in [5.74, 6) is 1.27. The van der Waals surface area contributed by atoms with Crippen LogP contribution >= 0.6 is 11.6 Å². The van der Waals surface area contributed by atoms with Crippen LogP contribution in [0.25, 0.3) is 0 Å². The summed E-state index contributed by atoms with van der Waals surface area (Å²) < 4.78 is 5.75. The smallest absolute Gasteiger partial charge is 0.222 e. The number of halogens is 1. The first-order valence-electron chi connectivity index (χ1n) is 7.61. The lowest BCUT2D eigenvalue weighted by atomic mass is 10.1. The van der Waals surface area contributed by atoms with Crippen molar-refractivity contribution in [3.8, 4) is 5.75 Å². The molecule has 4 nitrogen and oxygen atoms in total. The predicted octanol–water partition coefficient (Wildman–Crippen LogP) is 2.33. The molecular formula is C16H21ClN2O2. The van der Waals surface area contributed by atoms with E-state index in [1.54, 1.807) is 0 Å². The molecule has 0 saturated carbocycles. The Labute approximate surface area is 130 Å². The maximum Gasteiger partial charge on any atom is 0.222 e. The quantitative estimate of drug-likeness (QED) is 0.859. The molecule has 1 amide bonds. The number of piperazine rings is 1. The highest BCUT2D eigenvalue weighted by atomic mass is 35.5. The fraction of sp³-hybridized carbons (Fsp3) is 0.562. The molecular weight excluding hydrogens is 288 g/mol. The predicted molar refractivity (Wildman–Crippen MR) is 82.8 cm³/mol. The van der Waals surface area contributed by atoms with E-state index in [0.29, 0.717) is 6.42 Å². The fourth-order valence-electron chi connectivity index (χ4n) is 3.08. The van der Waals surface area contributed by atoms with Crippen LogP contribution in [-0.4, -0.2) is 48.5 Å². The summed E-state index contributed by atoms with van der Waals surface area (Å²) in [6, 6.07) is 4.01. The van der Waals surface area contributed by atoms with Gasteiger partial charge in [0.1, 0.15) is 5.75 Å². The van der Waals surface area contributed by atoms with Gasteiger partial charge in [0.25, 0.3) is 0 Å². The Morgan fingerprint density at radius 2 is 2.05 bits per heavy atom. The largest absolute Gasteiger partial charge is 0.493 e. The monoisotopic (exact) mass is 308 g/mol. The zero-order chi connectivity index (χ0) is 14.8. The molecule has 0 aromatic heterocycles. The van der Waals surface area contributed by atoms with Crippen molar-refractivity contribution in [1.29, 1.82) is 0 Å². The number of carbonyl (C=O) groups is 1. The minimum atomic E-state index is 0.252. The van der Waals surface area contributed by atoms with Crippen molar-refractivity contribution in [1.82, 2.24) is 9.80 Å². The molecule has 1 aromatic rings. The highest BCUT2D eigenvalue weighted by molar-refractivity contribution is 6.30. The molecule has 2 aliphatic rings. The molecule has 2 aliphatic heterocycles. The van der Waals surface area contributed by atoms with E-state index in [4.69, 9.17) is 16.3 Å². The standard InChI is InChI=1S/C16H21ClN2O2/c1-2-15(20)19-6-4-18(5-7-19)11-13-10-14(17)9-12-3-8-21-16(12)13/h9-10H,2-8,11H2,1H3. The van der Waals surface area contributed by atoms with E-state index < -0.39 is 0 Å². The van der Waals surface area contributed by atoms with Crippen LogP contribution in [0, 0.1) is 0 Å². The Balaban J connectivity index is 1.65. The molecule has 0 radical (unpaired) electrons. The molecule has 0 bridgehead atoms. The van der Waals surface area contributed by atoms with Gasteiger partial charge < -0.3 is 9.64 Å². The van der Waals surface area contributed by atoms with Crippen LogP contribution in [0.15, 0.2) is 12.1 Å². The second-order valence-electron chi connectivity index (χ2n) is 5.66. The molecule has 5 heteroatoms. The third kappa shape index (κ3) is 3.16. The first kappa shape index (κ1) is 14.7. The lowest BCUT2D eigenvalue weighted by molar-refractivity contribution is -0.132. The minimum absolute atomic E-state index is 0.252. The molecule has 0 aliphatic carbocycles. The summed E-state index contributed by atoms with van der Waals surface area (Å²) in [6.07, 6.45) is 1.54. The molecule has 2 heterocycles. The van der Waals surface area contributed by atoms with Gasteiger partial charge in [0, 0.05) is 56.2 Å². The SMILES string of the molecule is CCC(=O)N1CCN(Cc2cc(Cl)cc3c2OCC3)CC1. The Bertz CT molecular complexity index is 539. The van der Waals surface area contributed by atoms with Crippen molar-refractivity contribution >= 4 is 17.5 Å². The van der Waals surface area contributed by atoms with E-state index in [2.05, 4.69) is 4.90 Å². The lowest BCUT2D eigenvalue weighted by Gasteiger charge is -2.34. The molecule has 1 aromatic carbocycles. The molecule has 1 fully saturated rings. The van der Waals surface area contributed by atoms with Crippen molar-refractivity contribution in [3.05, 3.63) is 28.3 Å². The van der Waals surface area contributed by atoms with Gasteiger partial charge in [0.2, 0.25) is 5.91 Å². The van der Waals surface area contributed by atoms with Crippen molar-refractivity contribution in [2.75, 3.05) is 32.8 Å². The van der Waals surface area contributed by atoms with Gasteiger partial charge in [0.05, 0.1) is 6.61 Å². The van der Waals surface area contributed by atoms with Crippen molar-refractivity contribution in [2.45, 2.75) is 26.3 Å². The van der Waals surface area contributed by atoms with Crippen LogP contribution in [0.1, 0.15) is 24.5 Å². The van der Waals surface area contributed by atoms with Crippen molar-refractivity contribution in [3.63, 3.8) is 0 Å². The number of benzene rings is 1. The summed E-state index contributed by atoms with van der Waals surface area (Å²) in [6.45, 7) is 6.96. The molecule has 3 rings (SSSR count). The molecule has 0 spiro atoms. The van der Waals surface area contributed by atoms with Crippen LogP contribution in [0.5, 0.6) is 5.75 Å². The van der Waals surface area contributed by atoms with E-state index in [1.165, 1.54) is 11.1 Å². The number of fused-ring (bicyclic) bond motifs is 1. The van der Waals surface area contributed by atoms with E-state index in [9.17, 15) is 4.79 Å². The molecule has 21 heavy (non-hydrogen) atoms.